The quantitative estimate of drug-likeness (QED) is 0.102. The second-order valence-electron chi connectivity index (χ2n) is 20.7. The number of rotatable bonds is 14. The SMILES string of the molecule is C=C(CC[C@@H](C)[C@H]1CC[C@H]2[C@@H]3CC=C4C[C@@H](O[C@@H]5O[C@H](CO)[C@@H](O)[C@H](O)[C@H]5O)CC[C@]4(C)[C@H]3[C@H](O[C@@H]3O[C@@H](C)[C@H](O)[C@@H](O)[C@H]3O)C[C@]12C)C(C)CO[C@@H]1O[C@H](CO)[C@@H](O)[C@H](O)[C@H]1O. The average Bonchev–Trinajstić information content (AvgIpc) is 3.62. The van der Waals surface area contributed by atoms with Crippen molar-refractivity contribution in [1.29, 1.82) is 0 Å². The Hall–Kier alpha value is -1.20. The Kier molecular flexibility index (Phi) is 15.6. The van der Waals surface area contributed by atoms with Gasteiger partial charge in [0.05, 0.1) is 38.1 Å². The third-order valence-electron chi connectivity index (χ3n) is 17.0. The highest BCUT2D eigenvalue weighted by Gasteiger charge is 2.64. The van der Waals surface area contributed by atoms with Crippen LogP contribution in [0.15, 0.2) is 23.8 Å². The summed E-state index contributed by atoms with van der Waals surface area (Å²) in [5.74, 6) is 1.19. The topological polar surface area (TPSA) is 278 Å². The van der Waals surface area contributed by atoms with Crippen molar-refractivity contribution >= 4 is 0 Å². The summed E-state index contributed by atoms with van der Waals surface area (Å²) in [6.07, 6.45) is -10.9. The molecular formula is C46H76O17. The van der Waals surface area contributed by atoms with Crippen molar-refractivity contribution in [1.82, 2.24) is 0 Å². The average molecular weight is 901 g/mol. The van der Waals surface area contributed by atoms with Gasteiger partial charge in [0.2, 0.25) is 0 Å². The molecule has 362 valence electrons. The predicted octanol–water partition coefficient (Wildman–Crippen LogP) is -0.00180. The minimum absolute atomic E-state index is 0.0252. The van der Waals surface area contributed by atoms with E-state index in [0.717, 1.165) is 44.1 Å². The van der Waals surface area contributed by atoms with Crippen LogP contribution in [-0.4, -0.2) is 180 Å². The van der Waals surface area contributed by atoms with E-state index >= 15 is 0 Å². The number of allylic oxidation sites excluding steroid dienone is 1. The van der Waals surface area contributed by atoms with E-state index in [9.17, 15) is 56.2 Å². The van der Waals surface area contributed by atoms with E-state index in [4.69, 9.17) is 28.4 Å². The van der Waals surface area contributed by atoms with E-state index in [2.05, 4.69) is 33.4 Å². The minimum Gasteiger partial charge on any atom is -0.394 e. The lowest BCUT2D eigenvalue weighted by molar-refractivity contribution is -0.322. The molecule has 4 aliphatic carbocycles. The van der Waals surface area contributed by atoms with Gasteiger partial charge < -0.3 is 84.6 Å². The third kappa shape index (κ3) is 9.37. The van der Waals surface area contributed by atoms with Crippen LogP contribution < -0.4 is 0 Å². The van der Waals surface area contributed by atoms with Crippen LogP contribution in [0.25, 0.3) is 0 Å². The lowest BCUT2D eigenvalue weighted by atomic mass is 9.46. The van der Waals surface area contributed by atoms with Gasteiger partial charge in [-0.3, -0.25) is 0 Å². The monoisotopic (exact) mass is 901 g/mol. The fraction of sp³-hybridized carbons (Fsp3) is 0.913. The summed E-state index contributed by atoms with van der Waals surface area (Å²) >= 11 is 0. The highest BCUT2D eigenvalue weighted by Crippen LogP contribution is 2.68. The van der Waals surface area contributed by atoms with Crippen LogP contribution in [-0.2, 0) is 28.4 Å². The number of hydrogen-bond donors (Lipinski definition) is 11. The molecule has 0 radical (unpaired) electrons. The number of hydrogen-bond acceptors (Lipinski definition) is 17. The maximum Gasteiger partial charge on any atom is 0.186 e. The largest absolute Gasteiger partial charge is 0.394 e. The van der Waals surface area contributed by atoms with Crippen molar-refractivity contribution in [2.45, 2.75) is 197 Å². The first-order valence-electron chi connectivity index (χ1n) is 23.4. The van der Waals surface area contributed by atoms with Gasteiger partial charge in [0.15, 0.2) is 18.9 Å². The number of aliphatic hydroxyl groups is 11. The molecule has 6 fully saturated rings. The van der Waals surface area contributed by atoms with E-state index < -0.39 is 105 Å². The molecule has 25 atom stereocenters. The molecule has 3 aliphatic heterocycles. The normalized spacial score (nSPS) is 51.0. The summed E-state index contributed by atoms with van der Waals surface area (Å²) in [6.45, 7) is 14.1. The fourth-order valence-corrected chi connectivity index (χ4v) is 13.0. The maximum atomic E-state index is 11.2. The molecule has 17 nitrogen and oxygen atoms in total. The van der Waals surface area contributed by atoms with E-state index in [-0.39, 0.29) is 47.4 Å². The van der Waals surface area contributed by atoms with E-state index in [1.807, 2.05) is 6.92 Å². The third-order valence-corrected chi connectivity index (χ3v) is 17.0. The van der Waals surface area contributed by atoms with Gasteiger partial charge in [-0.15, -0.1) is 0 Å². The molecule has 0 bridgehead atoms. The van der Waals surface area contributed by atoms with Crippen molar-refractivity contribution < 1.29 is 84.6 Å². The van der Waals surface area contributed by atoms with Gasteiger partial charge in [0, 0.05) is 5.92 Å². The van der Waals surface area contributed by atoms with Gasteiger partial charge in [-0.05, 0) is 105 Å². The summed E-state index contributed by atoms with van der Waals surface area (Å²) < 4.78 is 36.4. The standard InChI is InChI=1S/C46H76O17/c1-20(22(3)19-58-42-39(55)37(53)34(50)30(17-47)62-42)7-8-21(2)27-11-12-28-26-10-9-24-15-25(60-44-41(57)38(54)35(51)31(18-48)63-44)13-14-45(24,5)32(26)29(16-46(27,28)6)61-43-40(56)36(52)33(49)23(4)59-43/h9,21-23,25-44,47-57H,1,7-8,10-19H2,2-6H3/t21-,22?,23+,25+,26+,27-,28+,29-,30-,31-,32-,33+,34-,35-,36-,37+,38+,39-,40-,41-,42-,43+,44-,45+,46-/m1/s1. The van der Waals surface area contributed by atoms with Crippen LogP contribution in [0.1, 0.15) is 92.4 Å². The van der Waals surface area contributed by atoms with Crippen LogP contribution in [0.4, 0.5) is 0 Å². The van der Waals surface area contributed by atoms with Gasteiger partial charge >= 0.3 is 0 Å². The molecule has 17 heteroatoms. The van der Waals surface area contributed by atoms with Gasteiger partial charge in [-0.25, -0.2) is 0 Å². The van der Waals surface area contributed by atoms with Gasteiger partial charge in [-0.1, -0.05) is 51.5 Å². The van der Waals surface area contributed by atoms with Gasteiger partial charge in [0.1, 0.15) is 67.1 Å². The van der Waals surface area contributed by atoms with Crippen molar-refractivity contribution in [3.05, 3.63) is 23.8 Å². The minimum atomic E-state index is -1.54. The molecule has 3 heterocycles. The Morgan fingerprint density at radius 1 is 0.762 bits per heavy atom. The second kappa shape index (κ2) is 19.8. The molecule has 1 unspecified atom stereocenters. The summed E-state index contributed by atoms with van der Waals surface area (Å²) in [5, 5.41) is 114. The van der Waals surface area contributed by atoms with Crippen LogP contribution in [0.3, 0.4) is 0 Å². The summed E-state index contributed by atoms with van der Waals surface area (Å²) in [6, 6.07) is 0. The van der Waals surface area contributed by atoms with Crippen molar-refractivity contribution in [3.8, 4) is 0 Å². The van der Waals surface area contributed by atoms with E-state index in [1.165, 1.54) is 5.57 Å². The Balaban J connectivity index is 1.05. The number of ether oxygens (including phenoxy) is 6. The molecule has 7 aliphatic rings. The zero-order valence-corrected chi connectivity index (χ0v) is 37.4. The fourth-order valence-electron chi connectivity index (χ4n) is 13.0. The zero-order chi connectivity index (χ0) is 45.9. The molecule has 0 aromatic carbocycles. The number of fused-ring (bicyclic) bond motifs is 5. The highest BCUT2D eigenvalue weighted by molar-refractivity contribution is 5.27. The van der Waals surface area contributed by atoms with E-state index in [1.54, 1.807) is 6.92 Å². The molecule has 63 heavy (non-hydrogen) atoms. The maximum absolute atomic E-state index is 11.2. The first-order chi connectivity index (χ1) is 29.7. The molecule has 0 aromatic rings. The molecule has 7 rings (SSSR count). The van der Waals surface area contributed by atoms with Crippen molar-refractivity contribution in [2.24, 2.45) is 46.3 Å². The molecule has 3 saturated heterocycles. The summed E-state index contributed by atoms with van der Waals surface area (Å²) in [7, 11) is 0. The molecule has 3 saturated carbocycles. The zero-order valence-electron chi connectivity index (χ0n) is 37.4. The van der Waals surface area contributed by atoms with Crippen LogP contribution in [0, 0.1) is 46.3 Å². The van der Waals surface area contributed by atoms with E-state index in [0.29, 0.717) is 37.0 Å². The summed E-state index contributed by atoms with van der Waals surface area (Å²) in [4.78, 5) is 0. The Bertz CT molecular complexity index is 1580. The Morgan fingerprint density at radius 2 is 1.35 bits per heavy atom. The number of aliphatic hydroxyl groups excluding tert-OH is 11. The van der Waals surface area contributed by atoms with Crippen LogP contribution in [0.2, 0.25) is 0 Å². The first kappa shape index (κ1) is 49.7. The first-order valence-corrected chi connectivity index (χ1v) is 23.4. The second-order valence-corrected chi connectivity index (χ2v) is 20.7. The Morgan fingerprint density at radius 3 is 1.98 bits per heavy atom. The molecule has 0 amide bonds. The van der Waals surface area contributed by atoms with Crippen molar-refractivity contribution in [3.63, 3.8) is 0 Å². The van der Waals surface area contributed by atoms with Crippen molar-refractivity contribution in [2.75, 3.05) is 19.8 Å². The van der Waals surface area contributed by atoms with Gasteiger partial charge in [-0.2, -0.15) is 0 Å². The van der Waals surface area contributed by atoms with Crippen LogP contribution in [0.5, 0.6) is 0 Å². The smallest absolute Gasteiger partial charge is 0.186 e. The predicted molar refractivity (Wildman–Crippen MR) is 223 cm³/mol. The Labute approximate surface area is 370 Å². The molecule has 0 spiro atoms. The lowest BCUT2D eigenvalue weighted by Crippen LogP contribution is -2.62. The highest BCUT2D eigenvalue weighted by atomic mass is 16.7. The van der Waals surface area contributed by atoms with Gasteiger partial charge in [0.25, 0.3) is 0 Å². The molecule has 11 N–H and O–H groups in total. The lowest BCUT2D eigenvalue weighted by Gasteiger charge is -2.61. The summed E-state index contributed by atoms with van der Waals surface area (Å²) in [5.41, 5.74) is 1.70. The molecular weight excluding hydrogens is 824 g/mol. The van der Waals surface area contributed by atoms with Crippen LogP contribution >= 0.6 is 0 Å². The molecule has 0 aromatic heterocycles.